The lowest BCUT2D eigenvalue weighted by molar-refractivity contribution is -0.137. The number of anilines is 5. The minimum absolute atomic E-state index is 0.130. The predicted molar refractivity (Wildman–Crippen MR) is 106 cm³/mol. The maximum atomic E-state index is 13.0. The van der Waals surface area contributed by atoms with Crippen molar-refractivity contribution in [1.29, 1.82) is 0 Å². The van der Waals surface area contributed by atoms with Crippen molar-refractivity contribution in [2.75, 3.05) is 16.4 Å². The van der Waals surface area contributed by atoms with Gasteiger partial charge in [0.2, 0.25) is 0 Å². The Kier molecular flexibility index (Phi) is 5.53. The van der Waals surface area contributed by atoms with Gasteiger partial charge >= 0.3 is 6.18 Å². The van der Waals surface area contributed by atoms with Crippen molar-refractivity contribution in [3.8, 4) is 0 Å². The first-order valence-electron chi connectivity index (χ1n) is 7.93. The fraction of sp³-hybridized carbons (Fsp3) is 0.111. The molecule has 1 heterocycles. The standard InChI is InChI=1S/C18H14Cl2F3N5/c1-9-12(19)3-2-4-14(9)28-17-15(24)16(25-8-26-17)27-10-5-6-13(20)11(7-10)18(21,22)23/h2-8H,24H2,1H3,(H2,25,26,27,28). The molecule has 0 bridgehead atoms. The number of nitrogen functional groups attached to an aromatic ring is 1. The Bertz CT molecular complexity index is 1020. The molecule has 10 heteroatoms. The van der Waals surface area contributed by atoms with Crippen LogP contribution in [0.25, 0.3) is 0 Å². The van der Waals surface area contributed by atoms with Gasteiger partial charge in [0.1, 0.15) is 12.0 Å². The van der Waals surface area contributed by atoms with Gasteiger partial charge in [-0.15, -0.1) is 0 Å². The minimum Gasteiger partial charge on any atom is -0.393 e. The van der Waals surface area contributed by atoms with E-state index in [1.54, 1.807) is 18.2 Å². The van der Waals surface area contributed by atoms with E-state index in [4.69, 9.17) is 28.9 Å². The van der Waals surface area contributed by atoms with Crippen molar-refractivity contribution in [2.24, 2.45) is 0 Å². The number of aromatic nitrogens is 2. The van der Waals surface area contributed by atoms with E-state index in [0.29, 0.717) is 10.7 Å². The highest BCUT2D eigenvalue weighted by molar-refractivity contribution is 6.32. The summed E-state index contributed by atoms with van der Waals surface area (Å²) in [6.07, 6.45) is -3.34. The zero-order valence-corrected chi connectivity index (χ0v) is 15.9. The van der Waals surface area contributed by atoms with Crippen molar-refractivity contribution in [2.45, 2.75) is 13.1 Å². The highest BCUT2D eigenvalue weighted by Gasteiger charge is 2.33. The molecule has 146 valence electrons. The smallest absolute Gasteiger partial charge is 0.393 e. The molecule has 0 saturated carbocycles. The molecule has 0 spiro atoms. The first kappa shape index (κ1) is 20.0. The molecular formula is C18H14Cl2F3N5. The van der Waals surface area contributed by atoms with Gasteiger partial charge in [0.05, 0.1) is 10.6 Å². The van der Waals surface area contributed by atoms with Gasteiger partial charge in [-0.25, -0.2) is 9.97 Å². The Hall–Kier alpha value is -2.71. The van der Waals surface area contributed by atoms with Crippen LogP contribution >= 0.6 is 23.2 Å². The molecule has 1 aromatic heterocycles. The summed E-state index contributed by atoms with van der Waals surface area (Å²) in [6.45, 7) is 1.83. The van der Waals surface area contributed by atoms with Crippen LogP contribution in [0.2, 0.25) is 10.0 Å². The van der Waals surface area contributed by atoms with Crippen LogP contribution in [0.1, 0.15) is 11.1 Å². The molecule has 0 aliphatic heterocycles. The third-order valence-electron chi connectivity index (χ3n) is 3.94. The summed E-state index contributed by atoms with van der Waals surface area (Å²) >= 11 is 11.7. The first-order valence-corrected chi connectivity index (χ1v) is 8.69. The Morgan fingerprint density at radius 1 is 0.964 bits per heavy atom. The average molecular weight is 428 g/mol. The van der Waals surface area contributed by atoms with Crippen LogP contribution in [-0.2, 0) is 6.18 Å². The van der Waals surface area contributed by atoms with Crippen LogP contribution in [0.5, 0.6) is 0 Å². The van der Waals surface area contributed by atoms with E-state index >= 15 is 0 Å². The largest absolute Gasteiger partial charge is 0.417 e. The number of benzene rings is 2. The van der Waals surface area contributed by atoms with E-state index in [1.807, 2.05) is 6.92 Å². The molecule has 28 heavy (non-hydrogen) atoms. The van der Waals surface area contributed by atoms with E-state index in [9.17, 15) is 13.2 Å². The Morgan fingerprint density at radius 2 is 1.64 bits per heavy atom. The number of alkyl halides is 3. The van der Waals surface area contributed by atoms with Gasteiger partial charge in [-0.1, -0.05) is 29.3 Å². The molecule has 0 aliphatic carbocycles. The Morgan fingerprint density at radius 3 is 2.32 bits per heavy atom. The van der Waals surface area contributed by atoms with Gasteiger partial charge < -0.3 is 16.4 Å². The molecule has 0 saturated heterocycles. The van der Waals surface area contributed by atoms with E-state index in [1.165, 1.54) is 12.4 Å². The van der Waals surface area contributed by atoms with Crippen LogP contribution in [0, 0.1) is 6.92 Å². The lowest BCUT2D eigenvalue weighted by Gasteiger charge is -2.15. The van der Waals surface area contributed by atoms with Gasteiger partial charge in [-0.3, -0.25) is 0 Å². The Labute approximate surface area is 168 Å². The SMILES string of the molecule is Cc1c(Cl)cccc1Nc1ncnc(Nc2ccc(Cl)c(C(F)(F)F)c2)c1N. The molecule has 4 N–H and O–H groups in total. The zero-order valence-electron chi connectivity index (χ0n) is 14.4. The number of hydrogen-bond acceptors (Lipinski definition) is 5. The Balaban J connectivity index is 1.91. The third-order valence-corrected chi connectivity index (χ3v) is 4.68. The summed E-state index contributed by atoms with van der Waals surface area (Å²) in [5.74, 6) is 0.431. The van der Waals surface area contributed by atoms with Crippen molar-refractivity contribution in [1.82, 2.24) is 9.97 Å². The summed E-state index contributed by atoms with van der Waals surface area (Å²) in [4.78, 5) is 8.09. The van der Waals surface area contributed by atoms with E-state index in [2.05, 4.69) is 20.6 Å². The molecule has 0 atom stereocenters. The molecule has 3 aromatic rings. The fourth-order valence-corrected chi connectivity index (χ4v) is 2.82. The van der Waals surface area contributed by atoms with Crippen LogP contribution in [-0.4, -0.2) is 9.97 Å². The average Bonchev–Trinajstić information content (AvgIpc) is 2.63. The number of nitrogens with one attached hydrogen (secondary N) is 2. The second-order valence-corrected chi connectivity index (χ2v) is 6.65. The summed E-state index contributed by atoms with van der Waals surface area (Å²) in [5.41, 5.74) is 6.88. The van der Waals surface area contributed by atoms with Gasteiger partial charge in [0.25, 0.3) is 0 Å². The molecule has 2 aromatic carbocycles. The van der Waals surface area contributed by atoms with Crippen LogP contribution in [0.15, 0.2) is 42.7 Å². The number of nitrogens with two attached hydrogens (primary N) is 1. The highest BCUT2D eigenvalue weighted by atomic mass is 35.5. The maximum absolute atomic E-state index is 13.0. The van der Waals surface area contributed by atoms with E-state index in [-0.39, 0.29) is 23.0 Å². The molecular weight excluding hydrogens is 414 g/mol. The van der Waals surface area contributed by atoms with Crippen LogP contribution < -0.4 is 16.4 Å². The molecule has 3 rings (SSSR count). The minimum atomic E-state index is -4.58. The molecule has 0 radical (unpaired) electrons. The fourth-order valence-electron chi connectivity index (χ4n) is 2.42. The summed E-state index contributed by atoms with van der Waals surface area (Å²) in [7, 11) is 0. The number of rotatable bonds is 4. The second kappa shape index (κ2) is 7.73. The monoisotopic (exact) mass is 427 g/mol. The van der Waals surface area contributed by atoms with Crippen LogP contribution in [0.4, 0.5) is 41.9 Å². The third kappa shape index (κ3) is 4.23. The second-order valence-electron chi connectivity index (χ2n) is 5.84. The van der Waals surface area contributed by atoms with E-state index in [0.717, 1.165) is 17.7 Å². The number of hydrogen-bond donors (Lipinski definition) is 3. The first-order chi connectivity index (χ1) is 13.2. The number of halogens is 5. The van der Waals surface area contributed by atoms with Gasteiger partial charge in [0, 0.05) is 16.4 Å². The highest BCUT2D eigenvalue weighted by Crippen LogP contribution is 2.37. The van der Waals surface area contributed by atoms with Crippen molar-refractivity contribution in [3.05, 3.63) is 63.9 Å². The lowest BCUT2D eigenvalue weighted by Crippen LogP contribution is -2.08. The topological polar surface area (TPSA) is 75.9 Å². The molecule has 0 amide bonds. The molecule has 5 nitrogen and oxygen atoms in total. The lowest BCUT2D eigenvalue weighted by atomic mass is 10.2. The van der Waals surface area contributed by atoms with Crippen LogP contribution in [0.3, 0.4) is 0 Å². The molecule has 0 unspecified atom stereocenters. The molecule has 0 aliphatic rings. The quantitative estimate of drug-likeness (QED) is 0.463. The molecule has 0 fully saturated rings. The van der Waals surface area contributed by atoms with Gasteiger partial charge in [0.15, 0.2) is 11.6 Å². The summed E-state index contributed by atoms with van der Waals surface area (Å²) in [6, 6.07) is 8.74. The van der Waals surface area contributed by atoms with Crippen molar-refractivity contribution >= 4 is 51.9 Å². The predicted octanol–water partition coefficient (Wildman–Crippen LogP) is 6.18. The summed E-state index contributed by atoms with van der Waals surface area (Å²) in [5, 5.41) is 5.98. The maximum Gasteiger partial charge on any atom is 0.417 e. The van der Waals surface area contributed by atoms with Crippen molar-refractivity contribution in [3.63, 3.8) is 0 Å². The summed E-state index contributed by atoms with van der Waals surface area (Å²) < 4.78 is 39.1. The zero-order chi connectivity index (χ0) is 20.5. The van der Waals surface area contributed by atoms with Crippen molar-refractivity contribution < 1.29 is 13.2 Å². The van der Waals surface area contributed by atoms with E-state index < -0.39 is 16.8 Å². The van der Waals surface area contributed by atoms with Gasteiger partial charge in [-0.05, 0) is 42.8 Å². The number of nitrogens with zero attached hydrogens (tertiary/aromatic N) is 2. The van der Waals surface area contributed by atoms with Gasteiger partial charge in [-0.2, -0.15) is 13.2 Å². The normalized spacial score (nSPS) is 11.4.